The molecule has 2 atom stereocenters. The molecule has 1 aliphatic rings. The van der Waals surface area contributed by atoms with Crippen LogP contribution in [0.2, 0.25) is 0 Å². The van der Waals surface area contributed by atoms with Gasteiger partial charge < -0.3 is 20.7 Å². The lowest BCUT2D eigenvalue weighted by Crippen LogP contribution is -2.46. The summed E-state index contributed by atoms with van der Waals surface area (Å²) in [5.41, 5.74) is 7.33. The second-order valence-corrected chi connectivity index (χ2v) is 6.52. The molecule has 26 heavy (non-hydrogen) atoms. The monoisotopic (exact) mass is 358 g/mol. The number of nitro groups is 1. The van der Waals surface area contributed by atoms with Crippen LogP contribution in [-0.4, -0.2) is 40.2 Å². The van der Waals surface area contributed by atoms with Crippen molar-refractivity contribution in [2.45, 2.75) is 33.0 Å². The number of nitrogen functional groups attached to an aromatic ring is 1. The average molecular weight is 358 g/mol. The van der Waals surface area contributed by atoms with E-state index < -0.39 is 4.92 Å². The van der Waals surface area contributed by atoms with Gasteiger partial charge in [-0.3, -0.25) is 10.1 Å². The number of nitrogens with zero attached hydrogens (tertiary/aromatic N) is 4. The minimum atomic E-state index is -0.569. The van der Waals surface area contributed by atoms with E-state index in [1.165, 1.54) is 0 Å². The van der Waals surface area contributed by atoms with E-state index in [0.29, 0.717) is 24.7 Å². The first-order chi connectivity index (χ1) is 12.3. The lowest BCUT2D eigenvalue weighted by molar-refractivity contribution is -0.383. The van der Waals surface area contributed by atoms with Crippen LogP contribution in [-0.2, 0) is 4.74 Å². The van der Waals surface area contributed by atoms with Crippen LogP contribution in [0.15, 0.2) is 24.3 Å². The highest BCUT2D eigenvalue weighted by atomic mass is 16.6. The molecule has 1 aliphatic heterocycles. The zero-order valence-electron chi connectivity index (χ0n) is 15.0. The molecule has 0 amide bonds. The topological polar surface area (TPSA) is 119 Å². The van der Waals surface area contributed by atoms with E-state index in [9.17, 15) is 10.1 Å². The van der Waals surface area contributed by atoms with Crippen LogP contribution in [0.5, 0.6) is 0 Å². The molecule has 1 aromatic heterocycles. The van der Waals surface area contributed by atoms with E-state index in [1.807, 2.05) is 49.9 Å². The molecule has 0 bridgehead atoms. The molecule has 138 valence electrons. The highest BCUT2D eigenvalue weighted by Gasteiger charge is 2.29. The lowest BCUT2D eigenvalue weighted by atomic mass is 10.2. The van der Waals surface area contributed by atoms with Gasteiger partial charge in [0.25, 0.3) is 0 Å². The summed E-state index contributed by atoms with van der Waals surface area (Å²) in [7, 11) is 0. The van der Waals surface area contributed by atoms with Gasteiger partial charge in [0.05, 0.1) is 17.1 Å². The Kier molecular flexibility index (Phi) is 4.90. The molecular formula is C17H22N6O3. The van der Waals surface area contributed by atoms with Crippen LogP contribution < -0.4 is 16.0 Å². The minimum Gasteiger partial charge on any atom is -0.378 e. The van der Waals surface area contributed by atoms with E-state index in [2.05, 4.69) is 15.3 Å². The van der Waals surface area contributed by atoms with Gasteiger partial charge in [-0.05, 0) is 32.9 Å². The smallest absolute Gasteiger partial charge is 0.353 e. The third-order valence-electron chi connectivity index (χ3n) is 4.10. The van der Waals surface area contributed by atoms with Crippen molar-refractivity contribution in [3.05, 3.63) is 39.9 Å². The molecular weight excluding hydrogens is 336 g/mol. The van der Waals surface area contributed by atoms with Crippen LogP contribution in [0.4, 0.5) is 29.0 Å². The van der Waals surface area contributed by atoms with Gasteiger partial charge in [-0.15, -0.1) is 0 Å². The molecule has 0 aliphatic carbocycles. The highest BCUT2D eigenvalue weighted by Crippen LogP contribution is 2.33. The Labute approximate surface area is 151 Å². The molecule has 1 saturated heterocycles. The standard InChI is InChI=1S/C17H22N6O3/c1-10-4-6-13(7-5-10)19-16-14(23(24)25)15(18)20-17(21-16)22-8-11(2)26-12(3)9-22/h4-7,11-12H,8-9H2,1-3H3,(H3,18,19,20,21)/t11-,12-/m1/s1. The summed E-state index contributed by atoms with van der Waals surface area (Å²) >= 11 is 0. The van der Waals surface area contributed by atoms with Gasteiger partial charge in [-0.25, -0.2) is 0 Å². The second kappa shape index (κ2) is 7.12. The summed E-state index contributed by atoms with van der Waals surface area (Å²) in [6.45, 7) is 7.07. The van der Waals surface area contributed by atoms with Crippen molar-refractivity contribution in [1.82, 2.24) is 9.97 Å². The lowest BCUT2D eigenvalue weighted by Gasteiger charge is -2.35. The van der Waals surface area contributed by atoms with Crippen molar-refractivity contribution in [2.75, 3.05) is 29.0 Å². The summed E-state index contributed by atoms with van der Waals surface area (Å²) < 4.78 is 5.71. The zero-order chi connectivity index (χ0) is 18.8. The fourth-order valence-corrected chi connectivity index (χ4v) is 2.98. The number of hydrogen-bond donors (Lipinski definition) is 2. The van der Waals surface area contributed by atoms with Crippen molar-refractivity contribution in [3.63, 3.8) is 0 Å². The van der Waals surface area contributed by atoms with Crippen LogP contribution in [0.3, 0.4) is 0 Å². The molecule has 3 N–H and O–H groups in total. The Morgan fingerprint density at radius 1 is 1.23 bits per heavy atom. The number of aryl methyl sites for hydroxylation is 1. The number of nitrogens with two attached hydrogens (primary N) is 1. The maximum absolute atomic E-state index is 11.5. The predicted molar refractivity (Wildman–Crippen MR) is 99.8 cm³/mol. The van der Waals surface area contributed by atoms with E-state index in [1.54, 1.807) is 0 Å². The zero-order valence-corrected chi connectivity index (χ0v) is 15.0. The third kappa shape index (κ3) is 3.83. The van der Waals surface area contributed by atoms with E-state index >= 15 is 0 Å². The fraction of sp³-hybridized carbons (Fsp3) is 0.412. The van der Waals surface area contributed by atoms with Gasteiger partial charge in [0.2, 0.25) is 17.6 Å². The van der Waals surface area contributed by atoms with Gasteiger partial charge in [0, 0.05) is 18.8 Å². The molecule has 2 heterocycles. The Balaban J connectivity index is 1.99. The van der Waals surface area contributed by atoms with Gasteiger partial charge in [0.15, 0.2) is 0 Å². The van der Waals surface area contributed by atoms with Crippen LogP contribution in [0.25, 0.3) is 0 Å². The fourth-order valence-electron chi connectivity index (χ4n) is 2.98. The van der Waals surface area contributed by atoms with Gasteiger partial charge in [-0.2, -0.15) is 9.97 Å². The first-order valence-corrected chi connectivity index (χ1v) is 8.39. The molecule has 0 unspecified atom stereocenters. The first kappa shape index (κ1) is 17.9. The molecule has 1 aromatic carbocycles. The van der Waals surface area contributed by atoms with Gasteiger partial charge in [-0.1, -0.05) is 17.7 Å². The second-order valence-electron chi connectivity index (χ2n) is 6.52. The molecule has 9 heteroatoms. The SMILES string of the molecule is Cc1ccc(Nc2nc(N3C[C@@H](C)O[C@H](C)C3)nc(N)c2[N+](=O)[O-])cc1. The average Bonchev–Trinajstić information content (AvgIpc) is 2.55. The number of aromatic nitrogens is 2. The molecule has 0 saturated carbocycles. The van der Waals surface area contributed by atoms with Crippen molar-refractivity contribution < 1.29 is 9.66 Å². The van der Waals surface area contributed by atoms with E-state index in [-0.39, 0.29) is 29.5 Å². The van der Waals surface area contributed by atoms with Gasteiger partial charge in [0.1, 0.15) is 0 Å². The number of hydrogen-bond acceptors (Lipinski definition) is 8. The summed E-state index contributed by atoms with van der Waals surface area (Å²) in [4.78, 5) is 21.4. The van der Waals surface area contributed by atoms with Crippen molar-refractivity contribution >= 4 is 29.0 Å². The maximum Gasteiger partial charge on any atom is 0.353 e. The number of benzene rings is 1. The van der Waals surface area contributed by atoms with Crippen molar-refractivity contribution in [2.24, 2.45) is 0 Å². The Bertz CT molecular complexity index is 801. The Hall–Kier alpha value is -2.94. The Morgan fingerprint density at radius 2 is 1.85 bits per heavy atom. The molecule has 2 aromatic rings. The highest BCUT2D eigenvalue weighted by molar-refractivity contribution is 5.74. The van der Waals surface area contributed by atoms with Crippen LogP contribution in [0.1, 0.15) is 19.4 Å². The molecule has 1 fully saturated rings. The minimum absolute atomic E-state index is 0.00674. The number of ether oxygens (including phenoxy) is 1. The van der Waals surface area contributed by atoms with Crippen molar-refractivity contribution in [3.8, 4) is 0 Å². The summed E-state index contributed by atoms with van der Waals surface area (Å²) in [6.07, 6.45) is 0.0135. The number of anilines is 4. The molecule has 3 rings (SSSR count). The Morgan fingerprint density at radius 3 is 2.42 bits per heavy atom. The maximum atomic E-state index is 11.5. The summed E-state index contributed by atoms with van der Waals surface area (Å²) in [5, 5.41) is 14.4. The van der Waals surface area contributed by atoms with E-state index in [0.717, 1.165) is 5.56 Å². The normalized spacial score (nSPS) is 20.0. The summed E-state index contributed by atoms with van der Waals surface area (Å²) in [6, 6.07) is 7.47. The van der Waals surface area contributed by atoms with Crippen LogP contribution >= 0.6 is 0 Å². The predicted octanol–water partition coefficient (Wildman–Crippen LogP) is 2.63. The molecule has 9 nitrogen and oxygen atoms in total. The number of morpholine rings is 1. The third-order valence-corrected chi connectivity index (χ3v) is 4.10. The molecule has 0 radical (unpaired) electrons. The summed E-state index contributed by atoms with van der Waals surface area (Å²) in [5.74, 6) is 0.263. The number of nitrogens with one attached hydrogen (secondary N) is 1. The quantitative estimate of drug-likeness (QED) is 0.632. The first-order valence-electron chi connectivity index (χ1n) is 8.39. The van der Waals surface area contributed by atoms with Gasteiger partial charge >= 0.3 is 5.69 Å². The molecule has 0 spiro atoms. The largest absolute Gasteiger partial charge is 0.378 e. The van der Waals surface area contributed by atoms with Crippen LogP contribution in [0, 0.1) is 17.0 Å². The van der Waals surface area contributed by atoms with E-state index in [4.69, 9.17) is 10.5 Å². The number of rotatable bonds is 4. The van der Waals surface area contributed by atoms with Crippen molar-refractivity contribution in [1.29, 1.82) is 0 Å².